The van der Waals surface area contributed by atoms with Gasteiger partial charge in [-0.2, -0.15) is 0 Å². The van der Waals surface area contributed by atoms with Crippen LogP contribution in [0.3, 0.4) is 0 Å². The van der Waals surface area contributed by atoms with Crippen LogP contribution in [0.25, 0.3) is 0 Å². The Morgan fingerprint density at radius 2 is 1.76 bits per heavy atom. The second kappa shape index (κ2) is 4.24. The van der Waals surface area contributed by atoms with E-state index in [1.165, 1.54) is 26.1 Å². The molecule has 1 atom stereocenters. The molecule has 1 heterocycles. The van der Waals surface area contributed by atoms with E-state index in [0.717, 1.165) is 12.0 Å². The van der Waals surface area contributed by atoms with Crippen LogP contribution in [0.2, 0.25) is 0 Å². The first-order valence-corrected chi connectivity index (χ1v) is 7.23. The summed E-state index contributed by atoms with van der Waals surface area (Å²) >= 11 is 0. The predicted molar refractivity (Wildman–Crippen MR) is 74.2 cm³/mol. The normalized spacial score (nSPS) is 32.3. The maximum atomic E-state index is 3.67. The van der Waals surface area contributed by atoms with Gasteiger partial charge in [0.25, 0.3) is 0 Å². The lowest BCUT2D eigenvalue weighted by Crippen LogP contribution is -2.37. The lowest BCUT2D eigenvalue weighted by Gasteiger charge is -2.19. The van der Waals surface area contributed by atoms with Crippen LogP contribution in [0.15, 0.2) is 0 Å². The molecule has 0 bridgehead atoms. The topological polar surface area (TPSA) is 15.3 Å². The van der Waals surface area contributed by atoms with Gasteiger partial charge >= 0.3 is 0 Å². The number of hydrogen-bond acceptors (Lipinski definition) is 2. The maximum absolute atomic E-state index is 3.67. The number of likely N-dealkylation sites (tertiary alicyclic amines) is 1. The minimum absolute atomic E-state index is 0.538. The average Bonchev–Trinajstić information content (AvgIpc) is 2.53. The summed E-state index contributed by atoms with van der Waals surface area (Å²) in [5.74, 6) is 0.882. The minimum atomic E-state index is 0.538. The molecule has 0 radical (unpaired) electrons. The molecule has 2 fully saturated rings. The average molecular weight is 238 g/mol. The quantitative estimate of drug-likeness (QED) is 0.810. The summed E-state index contributed by atoms with van der Waals surface area (Å²) in [7, 11) is 0. The van der Waals surface area contributed by atoms with Gasteiger partial charge in [0.2, 0.25) is 0 Å². The Hall–Kier alpha value is -0.0800. The largest absolute Gasteiger partial charge is 0.310 e. The van der Waals surface area contributed by atoms with E-state index in [4.69, 9.17) is 0 Å². The number of nitrogens with one attached hydrogen (secondary N) is 1. The molecule has 2 heteroatoms. The summed E-state index contributed by atoms with van der Waals surface area (Å²) < 4.78 is 0. The van der Waals surface area contributed by atoms with Crippen molar-refractivity contribution < 1.29 is 0 Å². The summed E-state index contributed by atoms with van der Waals surface area (Å²) in [6.45, 7) is 18.0. The van der Waals surface area contributed by atoms with Crippen molar-refractivity contribution in [1.82, 2.24) is 10.2 Å². The van der Waals surface area contributed by atoms with Gasteiger partial charge < -0.3 is 10.2 Å². The lowest BCUT2D eigenvalue weighted by molar-refractivity contribution is 0.289. The van der Waals surface area contributed by atoms with Crippen LogP contribution >= 0.6 is 0 Å². The summed E-state index contributed by atoms with van der Waals surface area (Å²) in [5, 5.41) is 3.67. The highest BCUT2D eigenvalue weighted by Crippen LogP contribution is 2.68. The molecule has 1 N–H and O–H groups in total. The number of rotatable bonds is 4. The molecule has 2 aliphatic rings. The highest BCUT2D eigenvalue weighted by molar-refractivity contribution is 5.13. The molecule has 1 saturated carbocycles. The molecule has 2 nitrogen and oxygen atoms in total. The van der Waals surface area contributed by atoms with Crippen molar-refractivity contribution in [2.75, 3.05) is 19.6 Å². The molecular formula is C15H30N2. The summed E-state index contributed by atoms with van der Waals surface area (Å²) in [6, 6.07) is 1.34. The van der Waals surface area contributed by atoms with Crippen molar-refractivity contribution in [3.05, 3.63) is 0 Å². The van der Waals surface area contributed by atoms with Crippen molar-refractivity contribution in [3.63, 3.8) is 0 Å². The van der Waals surface area contributed by atoms with Gasteiger partial charge in [-0.1, -0.05) is 41.5 Å². The molecule has 0 spiro atoms. The summed E-state index contributed by atoms with van der Waals surface area (Å²) in [5.41, 5.74) is 1.08. The van der Waals surface area contributed by atoms with Crippen LogP contribution in [0, 0.1) is 16.7 Å². The molecule has 0 aromatic heterocycles. The Balaban J connectivity index is 1.80. The Bertz CT molecular complexity index is 267. The van der Waals surface area contributed by atoms with Crippen LogP contribution in [0.1, 0.15) is 48.0 Å². The number of nitrogens with zero attached hydrogens (tertiary/aromatic N) is 1. The van der Waals surface area contributed by atoms with E-state index in [2.05, 4.69) is 51.8 Å². The van der Waals surface area contributed by atoms with Crippen LogP contribution in [-0.4, -0.2) is 36.6 Å². The first-order chi connectivity index (χ1) is 7.75. The van der Waals surface area contributed by atoms with Crippen LogP contribution in [-0.2, 0) is 0 Å². The van der Waals surface area contributed by atoms with E-state index in [9.17, 15) is 0 Å². The van der Waals surface area contributed by atoms with Gasteiger partial charge in [0, 0.05) is 25.2 Å². The molecular weight excluding hydrogens is 208 g/mol. The second-order valence-corrected chi connectivity index (χ2v) is 7.56. The number of hydrogen-bond donors (Lipinski definition) is 1. The molecule has 1 aliphatic heterocycles. The fourth-order valence-electron chi connectivity index (χ4n) is 3.65. The van der Waals surface area contributed by atoms with Gasteiger partial charge in [0.05, 0.1) is 0 Å². The van der Waals surface area contributed by atoms with Crippen molar-refractivity contribution >= 4 is 0 Å². The smallest absolute Gasteiger partial charge is 0.0209 e. The first-order valence-electron chi connectivity index (χ1n) is 7.23. The second-order valence-electron chi connectivity index (χ2n) is 7.56. The Labute approximate surface area is 107 Å². The third-order valence-corrected chi connectivity index (χ3v) is 5.60. The van der Waals surface area contributed by atoms with E-state index in [1.807, 2.05) is 0 Å². The lowest BCUT2D eigenvalue weighted by atomic mass is 10.0. The highest BCUT2D eigenvalue weighted by atomic mass is 15.2. The molecule has 0 aromatic carbocycles. The van der Waals surface area contributed by atoms with E-state index < -0.39 is 0 Å². The Kier molecular flexibility index (Phi) is 3.33. The van der Waals surface area contributed by atoms with Crippen molar-refractivity contribution in [2.24, 2.45) is 16.7 Å². The molecule has 1 aliphatic carbocycles. The van der Waals surface area contributed by atoms with E-state index in [1.54, 1.807) is 0 Å². The standard InChI is InChI=1S/C15H30N2/c1-11(2)16-12-7-8-17(9-12)10-13-14(3,4)15(13,5)6/h11-13,16H,7-10H2,1-6H3. The van der Waals surface area contributed by atoms with Crippen LogP contribution in [0.4, 0.5) is 0 Å². The fourth-order valence-corrected chi connectivity index (χ4v) is 3.65. The maximum Gasteiger partial charge on any atom is 0.0209 e. The van der Waals surface area contributed by atoms with Gasteiger partial charge in [-0.15, -0.1) is 0 Å². The molecule has 100 valence electrons. The molecule has 17 heavy (non-hydrogen) atoms. The van der Waals surface area contributed by atoms with Crippen LogP contribution in [0.5, 0.6) is 0 Å². The zero-order valence-electron chi connectivity index (χ0n) is 12.5. The third kappa shape index (κ3) is 2.39. The fraction of sp³-hybridized carbons (Fsp3) is 1.00. The zero-order chi connectivity index (χ0) is 12.8. The van der Waals surface area contributed by atoms with Crippen molar-refractivity contribution in [1.29, 1.82) is 0 Å². The van der Waals surface area contributed by atoms with Gasteiger partial charge in [-0.25, -0.2) is 0 Å². The van der Waals surface area contributed by atoms with Gasteiger partial charge in [-0.3, -0.25) is 0 Å². The monoisotopic (exact) mass is 238 g/mol. The predicted octanol–water partition coefficient (Wildman–Crippen LogP) is 2.74. The highest BCUT2D eigenvalue weighted by Gasteiger charge is 2.64. The van der Waals surface area contributed by atoms with Crippen molar-refractivity contribution in [2.45, 2.75) is 60.0 Å². The van der Waals surface area contributed by atoms with Gasteiger partial charge in [0.1, 0.15) is 0 Å². The van der Waals surface area contributed by atoms with Crippen molar-refractivity contribution in [3.8, 4) is 0 Å². The van der Waals surface area contributed by atoms with E-state index in [0.29, 0.717) is 16.9 Å². The molecule has 0 aromatic rings. The first kappa shape index (κ1) is 13.4. The minimum Gasteiger partial charge on any atom is -0.310 e. The third-order valence-electron chi connectivity index (χ3n) is 5.60. The Morgan fingerprint density at radius 3 is 2.24 bits per heavy atom. The molecule has 1 saturated heterocycles. The van der Waals surface area contributed by atoms with E-state index in [-0.39, 0.29) is 0 Å². The Morgan fingerprint density at radius 1 is 1.18 bits per heavy atom. The molecule has 2 rings (SSSR count). The summed E-state index contributed by atoms with van der Waals surface area (Å²) in [6.07, 6.45) is 1.33. The molecule has 1 unspecified atom stereocenters. The van der Waals surface area contributed by atoms with Gasteiger partial charge in [-0.05, 0) is 29.7 Å². The SMILES string of the molecule is CC(C)NC1CCN(CC2C(C)(C)C2(C)C)C1. The molecule has 0 amide bonds. The summed E-state index contributed by atoms with van der Waals surface area (Å²) in [4.78, 5) is 2.67. The van der Waals surface area contributed by atoms with E-state index >= 15 is 0 Å². The zero-order valence-corrected chi connectivity index (χ0v) is 12.5. The van der Waals surface area contributed by atoms with Gasteiger partial charge in [0.15, 0.2) is 0 Å². The van der Waals surface area contributed by atoms with Crippen LogP contribution < -0.4 is 5.32 Å².